The molecule has 0 radical (unpaired) electrons. The highest BCUT2D eigenvalue weighted by Crippen LogP contribution is 2.35. The Morgan fingerprint density at radius 1 is 1.29 bits per heavy atom. The van der Waals surface area contributed by atoms with Gasteiger partial charge in [0.05, 0.1) is 11.7 Å². The third-order valence-corrected chi connectivity index (χ3v) is 5.18. The maximum Gasteiger partial charge on any atom is 0.320 e. The molecule has 126 valence electrons. The number of aliphatic carboxylic acids is 1. The van der Waals surface area contributed by atoms with Gasteiger partial charge in [0.25, 0.3) is 0 Å². The number of benzene rings is 1. The van der Waals surface area contributed by atoms with Gasteiger partial charge in [-0.05, 0) is 55.6 Å². The number of hydrogen-bond donors (Lipinski definition) is 1. The van der Waals surface area contributed by atoms with Crippen molar-refractivity contribution in [3.63, 3.8) is 0 Å². The maximum absolute atomic E-state index is 11.8. The van der Waals surface area contributed by atoms with Gasteiger partial charge in [-0.15, -0.1) is 0 Å². The molecule has 2 heterocycles. The zero-order chi connectivity index (χ0) is 17.1. The number of carboxylic acid groups (broad SMARTS) is 1. The minimum atomic E-state index is -0.745. The fourth-order valence-corrected chi connectivity index (χ4v) is 3.73. The lowest BCUT2D eigenvalue weighted by atomic mass is 9.92. The van der Waals surface area contributed by atoms with Gasteiger partial charge >= 0.3 is 5.97 Å². The Morgan fingerprint density at radius 2 is 2.04 bits per heavy atom. The van der Waals surface area contributed by atoms with Gasteiger partial charge in [0.1, 0.15) is 6.04 Å². The van der Waals surface area contributed by atoms with Crippen LogP contribution in [0.1, 0.15) is 42.1 Å². The van der Waals surface area contributed by atoms with Crippen molar-refractivity contribution in [3.8, 4) is 0 Å². The van der Waals surface area contributed by atoms with Crippen molar-refractivity contribution < 1.29 is 9.90 Å². The zero-order valence-electron chi connectivity index (χ0n) is 13.7. The number of likely N-dealkylation sites (tertiary alicyclic amines) is 1. The van der Waals surface area contributed by atoms with Gasteiger partial charge in [-0.3, -0.25) is 14.7 Å². The molecular formula is C19H21BrN2O2. The number of piperidine rings is 1. The van der Waals surface area contributed by atoms with Gasteiger partial charge in [0.15, 0.2) is 0 Å². The van der Waals surface area contributed by atoms with Crippen LogP contribution >= 0.6 is 15.9 Å². The Balaban J connectivity index is 2.09. The topological polar surface area (TPSA) is 53.4 Å². The first kappa shape index (κ1) is 17.1. The average molecular weight is 389 g/mol. The van der Waals surface area contributed by atoms with Gasteiger partial charge in [0.2, 0.25) is 0 Å². The SMILES string of the molecule is Cc1cccnc1C(c1ccc(Br)cc1)N1CCCCC1C(=O)O. The van der Waals surface area contributed by atoms with E-state index in [0.29, 0.717) is 6.42 Å². The van der Waals surface area contributed by atoms with Crippen LogP contribution in [0.15, 0.2) is 47.1 Å². The molecule has 2 unspecified atom stereocenters. The van der Waals surface area contributed by atoms with Gasteiger partial charge in [0, 0.05) is 10.7 Å². The van der Waals surface area contributed by atoms with Crippen LogP contribution in [0.25, 0.3) is 0 Å². The lowest BCUT2D eigenvalue weighted by Crippen LogP contribution is -2.47. The Hall–Kier alpha value is -1.72. The smallest absolute Gasteiger partial charge is 0.320 e. The van der Waals surface area contributed by atoms with Crippen molar-refractivity contribution in [2.45, 2.75) is 38.3 Å². The Morgan fingerprint density at radius 3 is 2.71 bits per heavy atom. The molecule has 1 aliphatic heterocycles. The predicted molar refractivity (Wildman–Crippen MR) is 96.9 cm³/mol. The summed E-state index contributed by atoms with van der Waals surface area (Å²) in [6.07, 6.45) is 4.45. The highest BCUT2D eigenvalue weighted by molar-refractivity contribution is 9.10. The molecule has 5 heteroatoms. The van der Waals surface area contributed by atoms with Gasteiger partial charge in [-0.25, -0.2) is 0 Å². The molecule has 1 aliphatic rings. The molecular weight excluding hydrogens is 368 g/mol. The number of carbonyl (C=O) groups is 1. The Labute approximate surface area is 150 Å². The molecule has 0 bridgehead atoms. The van der Waals surface area contributed by atoms with Crippen molar-refractivity contribution in [2.75, 3.05) is 6.54 Å². The summed E-state index contributed by atoms with van der Waals surface area (Å²) in [5, 5.41) is 9.70. The number of nitrogens with zero attached hydrogens (tertiary/aromatic N) is 2. The van der Waals surface area contributed by atoms with E-state index in [0.717, 1.165) is 40.7 Å². The van der Waals surface area contributed by atoms with Crippen LogP contribution in [-0.2, 0) is 4.79 Å². The molecule has 0 saturated carbocycles. The van der Waals surface area contributed by atoms with Crippen molar-refractivity contribution in [1.82, 2.24) is 9.88 Å². The summed E-state index contributed by atoms with van der Waals surface area (Å²) in [7, 11) is 0. The lowest BCUT2D eigenvalue weighted by molar-refractivity contribution is -0.145. The Kier molecular flexibility index (Phi) is 5.31. The first-order valence-corrected chi connectivity index (χ1v) is 9.03. The minimum Gasteiger partial charge on any atom is -0.480 e. The van der Waals surface area contributed by atoms with E-state index < -0.39 is 12.0 Å². The lowest BCUT2D eigenvalue weighted by Gasteiger charge is -2.39. The fraction of sp³-hybridized carbons (Fsp3) is 0.368. The van der Waals surface area contributed by atoms with Crippen LogP contribution in [0.4, 0.5) is 0 Å². The third kappa shape index (κ3) is 3.52. The van der Waals surface area contributed by atoms with Crippen molar-refractivity contribution in [3.05, 3.63) is 63.9 Å². The number of carboxylic acids is 1. The molecule has 1 aromatic carbocycles. The molecule has 0 aliphatic carbocycles. The van der Waals surface area contributed by atoms with Crippen molar-refractivity contribution in [1.29, 1.82) is 0 Å². The molecule has 3 rings (SSSR count). The minimum absolute atomic E-state index is 0.138. The van der Waals surface area contributed by atoms with E-state index in [1.54, 1.807) is 6.20 Å². The molecule has 0 amide bonds. The van der Waals surface area contributed by atoms with Crippen LogP contribution in [0.5, 0.6) is 0 Å². The maximum atomic E-state index is 11.8. The molecule has 1 saturated heterocycles. The second-order valence-electron chi connectivity index (χ2n) is 6.25. The van der Waals surface area contributed by atoms with Crippen molar-refractivity contribution in [2.24, 2.45) is 0 Å². The van der Waals surface area contributed by atoms with E-state index in [2.05, 4.69) is 37.9 Å². The molecule has 1 aromatic heterocycles. The summed E-state index contributed by atoms with van der Waals surface area (Å²) in [6, 6.07) is 11.5. The number of hydrogen-bond acceptors (Lipinski definition) is 3. The normalized spacial score (nSPS) is 19.8. The fourth-order valence-electron chi connectivity index (χ4n) is 3.46. The zero-order valence-corrected chi connectivity index (χ0v) is 15.2. The first-order chi connectivity index (χ1) is 11.6. The third-order valence-electron chi connectivity index (χ3n) is 4.66. The molecule has 2 aromatic rings. The highest BCUT2D eigenvalue weighted by atomic mass is 79.9. The Bertz CT molecular complexity index is 718. The van der Waals surface area contributed by atoms with Crippen LogP contribution in [0, 0.1) is 6.92 Å². The summed E-state index contributed by atoms with van der Waals surface area (Å²) in [6.45, 7) is 2.81. The van der Waals surface area contributed by atoms with Crippen LogP contribution in [0.2, 0.25) is 0 Å². The molecule has 0 spiro atoms. The van der Waals surface area contributed by atoms with E-state index in [1.165, 1.54) is 0 Å². The molecule has 4 nitrogen and oxygen atoms in total. The monoisotopic (exact) mass is 388 g/mol. The summed E-state index contributed by atoms with van der Waals surface area (Å²) >= 11 is 3.47. The quantitative estimate of drug-likeness (QED) is 0.853. The molecule has 24 heavy (non-hydrogen) atoms. The number of rotatable bonds is 4. The van der Waals surface area contributed by atoms with Crippen LogP contribution in [0.3, 0.4) is 0 Å². The van der Waals surface area contributed by atoms with E-state index >= 15 is 0 Å². The number of aryl methyl sites for hydroxylation is 1. The highest BCUT2D eigenvalue weighted by Gasteiger charge is 2.36. The van der Waals surface area contributed by atoms with Crippen LogP contribution in [-0.4, -0.2) is 33.5 Å². The second kappa shape index (κ2) is 7.45. The van der Waals surface area contributed by atoms with E-state index in [1.807, 2.05) is 31.2 Å². The average Bonchev–Trinajstić information content (AvgIpc) is 2.59. The van der Waals surface area contributed by atoms with Gasteiger partial charge in [-0.1, -0.05) is 40.5 Å². The first-order valence-electron chi connectivity index (χ1n) is 8.23. The summed E-state index contributed by atoms with van der Waals surface area (Å²) < 4.78 is 1.01. The molecule has 1 N–H and O–H groups in total. The van der Waals surface area contributed by atoms with E-state index in [-0.39, 0.29) is 6.04 Å². The summed E-state index contributed by atoms with van der Waals surface area (Å²) in [4.78, 5) is 18.5. The van der Waals surface area contributed by atoms with E-state index in [4.69, 9.17) is 0 Å². The van der Waals surface area contributed by atoms with Crippen LogP contribution < -0.4 is 0 Å². The number of halogens is 1. The van der Waals surface area contributed by atoms with Gasteiger partial charge in [-0.2, -0.15) is 0 Å². The van der Waals surface area contributed by atoms with Gasteiger partial charge < -0.3 is 5.11 Å². The number of aromatic nitrogens is 1. The summed E-state index contributed by atoms with van der Waals surface area (Å²) in [5.41, 5.74) is 3.10. The number of pyridine rings is 1. The second-order valence-corrected chi connectivity index (χ2v) is 7.16. The molecule has 1 fully saturated rings. The largest absolute Gasteiger partial charge is 0.480 e. The summed E-state index contributed by atoms with van der Waals surface area (Å²) in [5.74, 6) is -0.745. The standard InChI is InChI=1S/C19H21BrN2O2/c1-13-5-4-11-21-17(13)18(14-7-9-15(20)10-8-14)22-12-3-2-6-16(22)19(23)24/h4-5,7-11,16,18H,2-3,6,12H2,1H3,(H,23,24). The molecule has 2 atom stereocenters. The van der Waals surface area contributed by atoms with E-state index in [9.17, 15) is 9.90 Å². The predicted octanol–water partition coefficient (Wildman–Crippen LogP) is 4.18. The van der Waals surface area contributed by atoms with Crippen molar-refractivity contribution >= 4 is 21.9 Å².